The van der Waals surface area contributed by atoms with Gasteiger partial charge in [0, 0.05) is 0 Å². The zero-order valence-electron chi connectivity index (χ0n) is 7.91. The highest BCUT2D eigenvalue weighted by Crippen LogP contribution is 2.39. The van der Waals surface area contributed by atoms with E-state index < -0.39 is 5.60 Å². The molecule has 1 aromatic rings. The Morgan fingerprint density at radius 3 is 2.93 bits per heavy atom. The van der Waals surface area contributed by atoms with Crippen LogP contribution in [-0.4, -0.2) is 10.5 Å². The van der Waals surface area contributed by atoms with E-state index in [2.05, 4.69) is 6.58 Å². The molecule has 1 aliphatic carbocycles. The van der Waals surface area contributed by atoms with E-state index in [1.165, 1.54) is 5.56 Å². The van der Waals surface area contributed by atoms with Gasteiger partial charge in [0.15, 0.2) is 0 Å². The lowest BCUT2D eigenvalue weighted by Crippen LogP contribution is -2.38. The quantitative estimate of drug-likeness (QED) is 0.556. The van der Waals surface area contributed by atoms with Gasteiger partial charge in [0.25, 0.3) is 0 Å². The largest absolute Gasteiger partial charge is 0.379 e. The predicted molar refractivity (Wildman–Crippen MR) is 58.5 cm³/mol. The fourth-order valence-corrected chi connectivity index (χ4v) is 2.35. The van der Waals surface area contributed by atoms with Crippen molar-refractivity contribution in [2.45, 2.75) is 23.8 Å². The van der Waals surface area contributed by atoms with Crippen LogP contribution in [0, 0.1) is 0 Å². The minimum absolute atomic E-state index is 0.269. The summed E-state index contributed by atoms with van der Waals surface area (Å²) in [6.45, 7) is 3.67. The SMILES string of the molecule is C=CC1(O)c2ccccc2CCC1Cl. The van der Waals surface area contributed by atoms with E-state index in [1.54, 1.807) is 6.08 Å². The lowest BCUT2D eigenvalue weighted by atomic mass is 9.79. The summed E-state index contributed by atoms with van der Waals surface area (Å²) in [7, 11) is 0. The Labute approximate surface area is 89.0 Å². The summed E-state index contributed by atoms with van der Waals surface area (Å²) >= 11 is 6.13. The molecule has 1 aromatic carbocycles. The standard InChI is InChI=1S/C12H13ClO/c1-2-12(14)10-6-4-3-5-9(10)7-8-11(12)13/h2-6,11,14H,1,7-8H2. The second-order valence-corrected chi connectivity index (χ2v) is 4.22. The molecule has 1 nitrogen and oxygen atoms in total. The number of aliphatic hydroxyl groups is 1. The number of aryl methyl sites for hydroxylation is 1. The van der Waals surface area contributed by atoms with Crippen molar-refractivity contribution in [2.75, 3.05) is 0 Å². The van der Waals surface area contributed by atoms with Crippen LogP contribution in [-0.2, 0) is 12.0 Å². The Hall–Kier alpha value is -0.790. The molecule has 0 heterocycles. The third kappa shape index (κ3) is 1.28. The van der Waals surface area contributed by atoms with Crippen LogP contribution in [0.25, 0.3) is 0 Å². The van der Waals surface area contributed by atoms with Crippen LogP contribution in [0.3, 0.4) is 0 Å². The molecule has 0 aliphatic heterocycles. The van der Waals surface area contributed by atoms with Gasteiger partial charge in [-0.3, -0.25) is 0 Å². The molecule has 0 fully saturated rings. The van der Waals surface area contributed by atoms with Crippen molar-refractivity contribution in [1.29, 1.82) is 0 Å². The smallest absolute Gasteiger partial charge is 0.124 e. The Bertz CT molecular complexity index is 361. The van der Waals surface area contributed by atoms with Gasteiger partial charge in [0.05, 0.1) is 5.38 Å². The number of hydrogen-bond acceptors (Lipinski definition) is 1. The molecule has 0 bridgehead atoms. The van der Waals surface area contributed by atoms with Gasteiger partial charge in [-0.15, -0.1) is 11.6 Å². The molecule has 0 amide bonds. The van der Waals surface area contributed by atoms with Gasteiger partial charge >= 0.3 is 0 Å². The van der Waals surface area contributed by atoms with E-state index >= 15 is 0 Å². The molecule has 1 aliphatic rings. The summed E-state index contributed by atoms with van der Waals surface area (Å²) in [6.07, 6.45) is 3.27. The zero-order chi connectivity index (χ0) is 10.2. The van der Waals surface area contributed by atoms with Crippen LogP contribution in [0.15, 0.2) is 36.9 Å². The molecular weight excluding hydrogens is 196 g/mol. The van der Waals surface area contributed by atoms with Crippen molar-refractivity contribution in [3.05, 3.63) is 48.0 Å². The zero-order valence-corrected chi connectivity index (χ0v) is 8.67. The van der Waals surface area contributed by atoms with Gasteiger partial charge in [0.1, 0.15) is 5.60 Å². The molecule has 2 atom stereocenters. The first kappa shape index (κ1) is 9.75. The summed E-state index contributed by atoms with van der Waals surface area (Å²) in [4.78, 5) is 0. The highest BCUT2D eigenvalue weighted by atomic mass is 35.5. The van der Waals surface area contributed by atoms with Crippen molar-refractivity contribution in [3.63, 3.8) is 0 Å². The van der Waals surface area contributed by atoms with E-state index in [4.69, 9.17) is 11.6 Å². The number of rotatable bonds is 1. The summed E-state index contributed by atoms with van der Waals surface area (Å²) in [5, 5.41) is 10.1. The Morgan fingerprint density at radius 1 is 1.50 bits per heavy atom. The molecule has 0 saturated heterocycles. The first-order valence-electron chi connectivity index (χ1n) is 4.77. The maximum Gasteiger partial charge on any atom is 0.124 e. The van der Waals surface area contributed by atoms with E-state index in [0.717, 1.165) is 18.4 Å². The number of halogens is 1. The van der Waals surface area contributed by atoms with Crippen LogP contribution in [0.5, 0.6) is 0 Å². The van der Waals surface area contributed by atoms with Crippen LogP contribution < -0.4 is 0 Å². The van der Waals surface area contributed by atoms with Crippen LogP contribution >= 0.6 is 11.6 Å². The monoisotopic (exact) mass is 208 g/mol. The molecule has 74 valence electrons. The maximum atomic E-state index is 10.4. The second kappa shape index (κ2) is 3.41. The Balaban J connectivity index is 2.57. The van der Waals surface area contributed by atoms with Gasteiger partial charge in [-0.1, -0.05) is 36.9 Å². The Morgan fingerprint density at radius 2 is 2.21 bits per heavy atom. The number of benzene rings is 1. The Kier molecular flexibility index (Phi) is 2.38. The summed E-state index contributed by atoms with van der Waals surface area (Å²) in [6, 6.07) is 7.86. The normalized spacial score (nSPS) is 30.9. The van der Waals surface area contributed by atoms with Crippen molar-refractivity contribution < 1.29 is 5.11 Å². The third-order valence-electron chi connectivity index (χ3n) is 2.90. The van der Waals surface area contributed by atoms with Crippen molar-refractivity contribution in [3.8, 4) is 0 Å². The summed E-state index contributed by atoms with van der Waals surface area (Å²) in [5.74, 6) is 0. The van der Waals surface area contributed by atoms with E-state index in [-0.39, 0.29) is 5.38 Å². The summed E-state index contributed by atoms with van der Waals surface area (Å²) < 4.78 is 0. The average molecular weight is 209 g/mol. The van der Waals surface area contributed by atoms with Gasteiger partial charge in [-0.25, -0.2) is 0 Å². The van der Waals surface area contributed by atoms with Gasteiger partial charge in [0.2, 0.25) is 0 Å². The van der Waals surface area contributed by atoms with E-state index in [1.807, 2.05) is 24.3 Å². The lowest BCUT2D eigenvalue weighted by Gasteiger charge is -2.35. The fraction of sp³-hybridized carbons (Fsp3) is 0.333. The van der Waals surface area contributed by atoms with Gasteiger partial charge < -0.3 is 5.11 Å². The van der Waals surface area contributed by atoms with Crippen molar-refractivity contribution >= 4 is 11.6 Å². The van der Waals surface area contributed by atoms with Crippen LogP contribution in [0.2, 0.25) is 0 Å². The number of fused-ring (bicyclic) bond motifs is 1. The van der Waals surface area contributed by atoms with Gasteiger partial charge in [-0.05, 0) is 24.0 Å². The predicted octanol–water partition coefficient (Wildman–Crippen LogP) is 2.61. The molecule has 14 heavy (non-hydrogen) atoms. The molecule has 0 saturated carbocycles. The molecule has 0 spiro atoms. The molecule has 0 aromatic heterocycles. The van der Waals surface area contributed by atoms with E-state index in [0.29, 0.717) is 0 Å². The van der Waals surface area contributed by atoms with Crippen molar-refractivity contribution in [1.82, 2.24) is 0 Å². The number of alkyl halides is 1. The third-order valence-corrected chi connectivity index (χ3v) is 3.46. The van der Waals surface area contributed by atoms with Gasteiger partial charge in [-0.2, -0.15) is 0 Å². The minimum Gasteiger partial charge on any atom is -0.379 e. The maximum absolute atomic E-state index is 10.4. The first-order chi connectivity index (χ1) is 6.68. The lowest BCUT2D eigenvalue weighted by molar-refractivity contribution is 0.0747. The topological polar surface area (TPSA) is 20.2 Å². The number of hydrogen-bond donors (Lipinski definition) is 1. The molecule has 0 radical (unpaired) electrons. The first-order valence-corrected chi connectivity index (χ1v) is 5.20. The molecular formula is C12H13ClO. The second-order valence-electron chi connectivity index (χ2n) is 3.69. The highest BCUT2D eigenvalue weighted by Gasteiger charge is 2.38. The summed E-state index contributed by atoms with van der Waals surface area (Å²) in [5.41, 5.74) is 1.02. The minimum atomic E-state index is -1.06. The average Bonchev–Trinajstić information content (AvgIpc) is 2.24. The highest BCUT2D eigenvalue weighted by molar-refractivity contribution is 6.21. The molecule has 2 rings (SSSR count). The fourth-order valence-electron chi connectivity index (χ4n) is 2.04. The van der Waals surface area contributed by atoms with Crippen LogP contribution in [0.1, 0.15) is 17.5 Å². The van der Waals surface area contributed by atoms with E-state index in [9.17, 15) is 5.11 Å². The molecule has 2 heteroatoms. The van der Waals surface area contributed by atoms with Crippen molar-refractivity contribution in [2.24, 2.45) is 0 Å². The molecule has 2 unspecified atom stereocenters. The van der Waals surface area contributed by atoms with Crippen LogP contribution in [0.4, 0.5) is 0 Å². The molecule has 1 N–H and O–H groups in total.